The van der Waals surface area contributed by atoms with Crippen molar-refractivity contribution in [3.63, 3.8) is 0 Å². The number of Topliss-reactive ketones (excluding diaryl/α,β-unsaturated/α-hetero) is 1. The van der Waals surface area contributed by atoms with E-state index in [0.717, 1.165) is 0 Å². The van der Waals surface area contributed by atoms with E-state index in [1.165, 1.54) is 16.3 Å². The summed E-state index contributed by atoms with van der Waals surface area (Å²) in [6.07, 6.45) is 0.222. The number of fused-ring (bicyclic) bond motifs is 1. The summed E-state index contributed by atoms with van der Waals surface area (Å²) in [6, 6.07) is 14.6. The van der Waals surface area contributed by atoms with Gasteiger partial charge < -0.3 is 10.4 Å². The predicted octanol–water partition coefficient (Wildman–Crippen LogP) is 3.73. The molecule has 2 atom stereocenters. The van der Waals surface area contributed by atoms with Crippen molar-refractivity contribution < 1.29 is 9.90 Å². The van der Waals surface area contributed by atoms with E-state index in [0.29, 0.717) is 6.42 Å². The molecule has 0 saturated heterocycles. The van der Waals surface area contributed by atoms with E-state index in [-0.39, 0.29) is 30.2 Å². The molecule has 0 aliphatic carbocycles. The lowest BCUT2D eigenvalue weighted by atomic mass is 9.92. The van der Waals surface area contributed by atoms with Crippen LogP contribution in [0.25, 0.3) is 10.8 Å². The minimum atomic E-state index is -0.679. The van der Waals surface area contributed by atoms with Crippen LogP contribution < -0.4 is 5.32 Å². The van der Waals surface area contributed by atoms with Gasteiger partial charge in [-0.05, 0) is 22.8 Å². The molecule has 0 spiro atoms. The normalized spacial score (nSPS) is 14.3. The first-order valence-corrected chi connectivity index (χ1v) is 8.82. The van der Waals surface area contributed by atoms with Crippen molar-refractivity contribution in [1.82, 2.24) is 5.32 Å². The summed E-state index contributed by atoms with van der Waals surface area (Å²) >= 11 is 0. The van der Waals surface area contributed by atoms with E-state index in [1.807, 2.05) is 26.0 Å². The number of hydrogen-bond acceptors (Lipinski definition) is 3. The molecule has 0 saturated carbocycles. The SMILES string of the molecule is CC(C)NC(Cc1cccc2ccccc12)C(O)CC(=O)C(C)C. The van der Waals surface area contributed by atoms with Crippen molar-refractivity contribution in [2.45, 2.75) is 58.7 Å². The maximum Gasteiger partial charge on any atom is 0.138 e. The first-order valence-electron chi connectivity index (χ1n) is 8.82. The van der Waals surface area contributed by atoms with Crippen molar-refractivity contribution >= 4 is 16.6 Å². The number of aliphatic hydroxyl groups is 1. The highest BCUT2D eigenvalue weighted by Crippen LogP contribution is 2.21. The van der Waals surface area contributed by atoms with Gasteiger partial charge in [-0.1, -0.05) is 70.2 Å². The maximum atomic E-state index is 12.0. The smallest absolute Gasteiger partial charge is 0.138 e. The Balaban J connectivity index is 2.23. The second-order valence-electron chi connectivity index (χ2n) is 7.16. The van der Waals surface area contributed by atoms with Crippen molar-refractivity contribution in [3.05, 3.63) is 48.0 Å². The molecule has 0 fully saturated rings. The summed E-state index contributed by atoms with van der Waals surface area (Å²) in [7, 11) is 0. The van der Waals surface area contributed by atoms with Crippen LogP contribution in [0.1, 0.15) is 39.7 Å². The Bertz CT molecular complexity index is 673. The second-order valence-corrected chi connectivity index (χ2v) is 7.16. The molecule has 0 aliphatic heterocycles. The van der Waals surface area contributed by atoms with Crippen LogP contribution in [0.4, 0.5) is 0 Å². The van der Waals surface area contributed by atoms with Gasteiger partial charge in [0.2, 0.25) is 0 Å². The van der Waals surface area contributed by atoms with Crippen LogP contribution in [0.3, 0.4) is 0 Å². The lowest BCUT2D eigenvalue weighted by Gasteiger charge is -2.27. The summed E-state index contributed by atoms with van der Waals surface area (Å²) < 4.78 is 0. The van der Waals surface area contributed by atoms with Crippen LogP contribution >= 0.6 is 0 Å². The van der Waals surface area contributed by atoms with Gasteiger partial charge in [0.25, 0.3) is 0 Å². The Morgan fingerprint density at radius 1 is 1.04 bits per heavy atom. The minimum absolute atomic E-state index is 0.0445. The van der Waals surface area contributed by atoms with Crippen LogP contribution in [-0.2, 0) is 11.2 Å². The summed E-state index contributed by atoms with van der Waals surface area (Å²) in [5.41, 5.74) is 1.20. The Labute approximate surface area is 145 Å². The zero-order valence-corrected chi connectivity index (χ0v) is 15.1. The second kappa shape index (κ2) is 8.41. The van der Waals surface area contributed by atoms with Gasteiger partial charge in [0, 0.05) is 24.4 Å². The first kappa shape index (κ1) is 18.6. The third-order valence-corrected chi connectivity index (χ3v) is 4.39. The number of carbonyl (C=O) groups is 1. The highest BCUT2D eigenvalue weighted by molar-refractivity contribution is 5.85. The highest BCUT2D eigenvalue weighted by atomic mass is 16.3. The number of nitrogens with one attached hydrogen (secondary N) is 1. The molecule has 3 nitrogen and oxygen atoms in total. The molecule has 2 unspecified atom stereocenters. The van der Waals surface area contributed by atoms with Crippen LogP contribution in [-0.4, -0.2) is 29.1 Å². The molecule has 24 heavy (non-hydrogen) atoms. The fraction of sp³-hybridized carbons (Fsp3) is 0.476. The van der Waals surface area contributed by atoms with Gasteiger partial charge in [-0.3, -0.25) is 4.79 Å². The van der Waals surface area contributed by atoms with E-state index in [2.05, 4.69) is 49.5 Å². The molecule has 0 amide bonds. The van der Waals surface area contributed by atoms with Crippen LogP contribution in [0.5, 0.6) is 0 Å². The average molecular weight is 327 g/mol. The Morgan fingerprint density at radius 3 is 2.38 bits per heavy atom. The standard InChI is InChI=1S/C21H29NO2/c1-14(2)20(23)13-21(24)19(22-15(3)4)12-17-10-7-9-16-8-5-6-11-18(16)17/h5-11,14-15,19,21-22,24H,12-13H2,1-4H3. The van der Waals surface area contributed by atoms with Crippen molar-refractivity contribution in [2.75, 3.05) is 0 Å². The quantitative estimate of drug-likeness (QED) is 0.777. The van der Waals surface area contributed by atoms with Crippen molar-refractivity contribution in [1.29, 1.82) is 0 Å². The number of rotatable bonds is 8. The fourth-order valence-electron chi connectivity index (χ4n) is 3.03. The predicted molar refractivity (Wildman–Crippen MR) is 100 cm³/mol. The maximum absolute atomic E-state index is 12.0. The molecule has 0 radical (unpaired) electrons. The summed E-state index contributed by atoms with van der Waals surface area (Å²) in [5.74, 6) is 0.0629. The molecule has 0 aromatic heterocycles. The summed E-state index contributed by atoms with van der Waals surface area (Å²) in [6.45, 7) is 7.88. The van der Waals surface area contributed by atoms with Gasteiger partial charge in [-0.15, -0.1) is 0 Å². The molecule has 130 valence electrons. The first-order chi connectivity index (χ1) is 11.4. The Kier molecular flexibility index (Phi) is 6.52. The van der Waals surface area contributed by atoms with E-state index < -0.39 is 6.10 Å². The molecular weight excluding hydrogens is 298 g/mol. The fourth-order valence-corrected chi connectivity index (χ4v) is 3.03. The average Bonchev–Trinajstić information content (AvgIpc) is 2.54. The molecule has 0 heterocycles. The molecular formula is C21H29NO2. The number of carbonyl (C=O) groups excluding carboxylic acids is 1. The van der Waals surface area contributed by atoms with Gasteiger partial charge in [0.1, 0.15) is 5.78 Å². The van der Waals surface area contributed by atoms with Crippen molar-refractivity contribution in [3.8, 4) is 0 Å². The molecule has 0 aliphatic rings. The van der Waals surface area contributed by atoms with Crippen LogP contribution in [0.15, 0.2) is 42.5 Å². The van der Waals surface area contributed by atoms with Gasteiger partial charge >= 0.3 is 0 Å². The number of ketones is 1. The van der Waals surface area contributed by atoms with Gasteiger partial charge in [0.15, 0.2) is 0 Å². The lowest BCUT2D eigenvalue weighted by molar-refractivity contribution is -0.124. The molecule has 3 heteroatoms. The van der Waals surface area contributed by atoms with Crippen LogP contribution in [0.2, 0.25) is 0 Å². The van der Waals surface area contributed by atoms with Crippen LogP contribution in [0, 0.1) is 5.92 Å². The largest absolute Gasteiger partial charge is 0.391 e. The van der Waals surface area contributed by atoms with Gasteiger partial charge in [-0.25, -0.2) is 0 Å². The number of hydrogen-bond donors (Lipinski definition) is 2. The summed E-state index contributed by atoms with van der Waals surface area (Å²) in [5, 5.41) is 16.5. The molecule has 2 N–H and O–H groups in total. The number of aliphatic hydroxyl groups excluding tert-OH is 1. The molecule has 2 aromatic rings. The minimum Gasteiger partial charge on any atom is -0.391 e. The highest BCUT2D eigenvalue weighted by Gasteiger charge is 2.24. The van der Waals surface area contributed by atoms with E-state index in [1.54, 1.807) is 0 Å². The van der Waals surface area contributed by atoms with E-state index in [9.17, 15) is 9.90 Å². The van der Waals surface area contributed by atoms with E-state index in [4.69, 9.17) is 0 Å². The number of benzene rings is 2. The van der Waals surface area contributed by atoms with Gasteiger partial charge in [0.05, 0.1) is 6.10 Å². The van der Waals surface area contributed by atoms with Crippen molar-refractivity contribution in [2.24, 2.45) is 5.92 Å². The molecule has 2 rings (SSSR count). The lowest BCUT2D eigenvalue weighted by Crippen LogP contribution is -2.46. The van der Waals surface area contributed by atoms with Gasteiger partial charge in [-0.2, -0.15) is 0 Å². The zero-order chi connectivity index (χ0) is 17.7. The molecule has 2 aromatic carbocycles. The van der Waals surface area contributed by atoms with E-state index >= 15 is 0 Å². The third kappa shape index (κ3) is 4.89. The third-order valence-electron chi connectivity index (χ3n) is 4.39. The monoisotopic (exact) mass is 327 g/mol. The Hall–Kier alpha value is -1.71. The summed E-state index contributed by atoms with van der Waals surface area (Å²) in [4.78, 5) is 12.0. The Morgan fingerprint density at radius 2 is 1.71 bits per heavy atom. The molecule has 0 bridgehead atoms. The zero-order valence-electron chi connectivity index (χ0n) is 15.1. The topological polar surface area (TPSA) is 49.3 Å².